The van der Waals surface area contributed by atoms with Crippen molar-refractivity contribution in [3.8, 4) is 0 Å². The molecule has 3 rings (SSSR count). The van der Waals surface area contributed by atoms with Crippen molar-refractivity contribution in [3.63, 3.8) is 0 Å². The largest absolute Gasteiger partial charge is 0.337 e. The molecule has 0 aliphatic carbocycles. The second-order valence-electron chi connectivity index (χ2n) is 5.91. The standard InChI is InChI=1S/C16H21F2N3O/c17-15(18)12-2-1-3-13(10-12)16(22)21-7-4-14(11-21)20-8-5-19-6-9-20/h1-3,10,14-15,19H,4-9,11H2. The monoisotopic (exact) mass is 309 g/mol. The molecule has 2 aliphatic heterocycles. The number of nitrogens with zero attached hydrogens (tertiary/aromatic N) is 2. The van der Waals surface area contributed by atoms with Crippen LogP contribution in [0.5, 0.6) is 0 Å². The first-order chi connectivity index (χ1) is 10.6. The summed E-state index contributed by atoms with van der Waals surface area (Å²) < 4.78 is 25.5. The fourth-order valence-corrected chi connectivity index (χ4v) is 3.26. The molecule has 1 aromatic rings. The Labute approximate surface area is 129 Å². The SMILES string of the molecule is O=C(c1cccc(C(F)F)c1)N1CCC(N2CCNCC2)C1. The van der Waals surface area contributed by atoms with Gasteiger partial charge in [-0.2, -0.15) is 0 Å². The molecular weight excluding hydrogens is 288 g/mol. The van der Waals surface area contributed by atoms with Gasteiger partial charge >= 0.3 is 0 Å². The molecule has 2 saturated heterocycles. The molecule has 1 aromatic carbocycles. The molecule has 120 valence electrons. The maximum atomic E-state index is 12.8. The van der Waals surface area contributed by atoms with E-state index < -0.39 is 6.43 Å². The fourth-order valence-electron chi connectivity index (χ4n) is 3.26. The Morgan fingerprint density at radius 1 is 1.23 bits per heavy atom. The van der Waals surface area contributed by atoms with Crippen molar-refractivity contribution < 1.29 is 13.6 Å². The van der Waals surface area contributed by atoms with Gasteiger partial charge < -0.3 is 10.2 Å². The lowest BCUT2D eigenvalue weighted by Crippen LogP contribution is -2.49. The first kappa shape index (κ1) is 15.4. The minimum Gasteiger partial charge on any atom is -0.337 e. The summed E-state index contributed by atoms with van der Waals surface area (Å²) in [4.78, 5) is 16.7. The highest BCUT2D eigenvalue weighted by Gasteiger charge is 2.31. The number of hydrogen-bond donors (Lipinski definition) is 1. The molecular formula is C16H21F2N3O. The molecule has 4 nitrogen and oxygen atoms in total. The van der Waals surface area contributed by atoms with Crippen LogP contribution in [0.4, 0.5) is 8.78 Å². The number of hydrogen-bond acceptors (Lipinski definition) is 3. The van der Waals surface area contributed by atoms with Crippen molar-refractivity contribution in [3.05, 3.63) is 35.4 Å². The second-order valence-corrected chi connectivity index (χ2v) is 5.91. The Bertz CT molecular complexity index is 532. The predicted molar refractivity (Wildman–Crippen MR) is 80.2 cm³/mol. The van der Waals surface area contributed by atoms with E-state index in [4.69, 9.17) is 0 Å². The number of benzene rings is 1. The van der Waals surface area contributed by atoms with Gasteiger partial charge in [0.25, 0.3) is 12.3 Å². The first-order valence-corrected chi connectivity index (χ1v) is 7.77. The van der Waals surface area contributed by atoms with Crippen molar-refractivity contribution in [1.29, 1.82) is 0 Å². The average molecular weight is 309 g/mol. The number of carbonyl (C=O) groups is 1. The molecule has 1 atom stereocenters. The molecule has 2 fully saturated rings. The average Bonchev–Trinajstić information content (AvgIpc) is 3.05. The highest BCUT2D eigenvalue weighted by Crippen LogP contribution is 2.22. The van der Waals surface area contributed by atoms with Crippen LogP contribution < -0.4 is 5.32 Å². The minimum absolute atomic E-state index is 0.0938. The van der Waals surface area contributed by atoms with Crippen molar-refractivity contribution in [2.24, 2.45) is 0 Å². The van der Waals surface area contributed by atoms with Crippen LogP contribution in [-0.2, 0) is 0 Å². The molecule has 0 saturated carbocycles. The molecule has 0 radical (unpaired) electrons. The number of rotatable bonds is 3. The molecule has 2 aliphatic rings. The quantitative estimate of drug-likeness (QED) is 0.924. The van der Waals surface area contributed by atoms with Gasteiger partial charge in [0, 0.05) is 56.4 Å². The van der Waals surface area contributed by atoms with Gasteiger partial charge in [-0.1, -0.05) is 12.1 Å². The highest BCUT2D eigenvalue weighted by molar-refractivity contribution is 5.94. The van der Waals surface area contributed by atoms with E-state index in [-0.39, 0.29) is 11.5 Å². The summed E-state index contributed by atoms with van der Waals surface area (Å²) in [7, 11) is 0. The minimum atomic E-state index is -2.54. The number of halogens is 2. The van der Waals surface area contributed by atoms with Crippen molar-refractivity contribution >= 4 is 5.91 Å². The van der Waals surface area contributed by atoms with Crippen molar-refractivity contribution in [1.82, 2.24) is 15.1 Å². The smallest absolute Gasteiger partial charge is 0.263 e. The van der Waals surface area contributed by atoms with E-state index in [1.165, 1.54) is 18.2 Å². The summed E-state index contributed by atoms with van der Waals surface area (Å²) in [6.07, 6.45) is -1.58. The van der Waals surface area contributed by atoms with Crippen LogP contribution in [0, 0.1) is 0 Å². The number of carbonyl (C=O) groups excluding carboxylic acids is 1. The van der Waals surface area contributed by atoms with Gasteiger partial charge in [0.1, 0.15) is 0 Å². The summed E-state index contributed by atoms with van der Waals surface area (Å²) in [5, 5.41) is 3.32. The van der Waals surface area contributed by atoms with E-state index in [0.717, 1.165) is 32.6 Å². The van der Waals surface area contributed by atoms with Gasteiger partial charge in [-0.05, 0) is 18.6 Å². The lowest BCUT2D eigenvalue weighted by atomic mass is 10.1. The molecule has 1 unspecified atom stereocenters. The number of piperazine rings is 1. The van der Waals surface area contributed by atoms with Gasteiger partial charge in [-0.25, -0.2) is 8.78 Å². The lowest BCUT2D eigenvalue weighted by Gasteiger charge is -2.32. The molecule has 1 amide bonds. The first-order valence-electron chi connectivity index (χ1n) is 7.77. The zero-order chi connectivity index (χ0) is 15.5. The van der Waals surface area contributed by atoms with Gasteiger partial charge in [-0.15, -0.1) is 0 Å². The molecule has 1 N–H and O–H groups in total. The summed E-state index contributed by atoms with van der Waals surface area (Å²) in [6.45, 7) is 5.38. The molecule has 2 heterocycles. The third kappa shape index (κ3) is 3.28. The Balaban J connectivity index is 1.64. The molecule has 22 heavy (non-hydrogen) atoms. The van der Waals surface area contributed by atoms with Crippen LogP contribution in [0.3, 0.4) is 0 Å². The Hall–Kier alpha value is -1.53. The van der Waals surface area contributed by atoms with Gasteiger partial charge in [0.2, 0.25) is 0 Å². The summed E-state index contributed by atoms with van der Waals surface area (Å²) >= 11 is 0. The molecule has 6 heteroatoms. The number of amides is 1. The third-order valence-corrected chi connectivity index (χ3v) is 4.50. The van der Waals surface area contributed by atoms with E-state index >= 15 is 0 Å². The van der Waals surface area contributed by atoms with Crippen LogP contribution in [0.2, 0.25) is 0 Å². The van der Waals surface area contributed by atoms with E-state index in [9.17, 15) is 13.6 Å². The van der Waals surface area contributed by atoms with Gasteiger partial charge in [0.15, 0.2) is 0 Å². The maximum Gasteiger partial charge on any atom is 0.263 e. The van der Waals surface area contributed by atoms with Crippen LogP contribution in [0.25, 0.3) is 0 Å². The molecule has 0 aromatic heterocycles. The predicted octanol–water partition coefficient (Wildman–Crippen LogP) is 1.74. The number of alkyl halides is 2. The zero-order valence-electron chi connectivity index (χ0n) is 12.5. The Kier molecular flexibility index (Phi) is 4.69. The van der Waals surface area contributed by atoms with E-state index in [0.29, 0.717) is 24.7 Å². The Morgan fingerprint density at radius 2 is 2.00 bits per heavy atom. The van der Waals surface area contributed by atoms with Crippen LogP contribution in [0.15, 0.2) is 24.3 Å². The highest BCUT2D eigenvalue weighted by atomic mass is 19.3. The normalized spacial score (nSPS) is 23.2. The maximum absolute atomic E-state index is 12.8. The zero-order valence-corrected chi connectivity index (χ0v) is 12.5. The fraction of sp³-hybridized carbons (Fsp3) is 0.562. The summed E-state index contributed by atoms with van der Waals surface area (Å²) in [6, 6.07) is 6.20. The number of likely N-dealkylation sites (tertiary alicyclic amines) is 1. The lowest BCUT2D eigenvalue weighted by molar-refractivity contribution is 0.0773. The molecule has 0 spiro atoms. The van der Waals surface area contributed by atoms with Gasteiger partial charge in [-0.3, -0.25) is 9.69 Å². The van der Waals surface area contributed by atoms with Crippen LogP contribution >= 0.6 is 0 Å². The van der Waals surface area contributed by atoms with E-state index in [1.807, 2.05) is 0 Å². The van der Waals surface area contributed by atoms with Gasteiger partial charge in [0.05, 0.1) is 0 Å². The molecule has 0 bridgehead atoms. The third-order valence-electron chi connectivity index (χ3n) is 4.50. The van der Waals surface area contributed by atoms with Crippen molar-refractivity contribution in [2.45, 2.75) is 18.9 Å². The Morgan fingerprint density at radius 3 is 2.73 bits per heavy atom. The number of nitrogens with one attached hydrogen (secondary N) is 1. The van der Waals surface area contributed by atoms with E-state index in [2.05, 4.69) is 10.2 Å². The van der Waals surface area contributed by atoms with Crippen molar-refractivity contribution in [2.75, 3.05) is 39.3 Å². The van der Waals surface area contributed by atoms with E-state index in [1.54, 1.807) is 11.0 Å². The summed E-state index contributed by atoms with van der Waals surface area (Å²) in [5.74, 6) is -0.139. The summed E-state index contributed by atoms with van der Waals surface area (Å²) in [5.41, 5.74) is 0.266. The van der Waals surface area contributed by atoms with Crippen LogP contribution in [-0.4, -0.2) is 61.0 Å². The van der Waals surface area contributed by atoms with Crippen LogP contribution in [0.1, 0.15) is 28.8 Å². The second kappa shape index (κ2) is 6.71. The topological polar surface area (TPSA) is 35.6 Å².